The van der Waals surface area contributed by atoms with Crippen LogP contribution in [0.5, 0.6) is 0 Å². The molecule has 1 aromatic rings. The lowest BCUT2D eigenvalue weighted by Crippen LogP contribution is -2.06. The summed E-state index contributed by atoms with van der Waals surface area (Å²) in [6.45, 7) is 0. The van der Waals surface area contributed by atoms with Crippen molar-refractivity contribution in [3.8, 4) is 0 Å². The summed E-state index contributed by atoms with van der Waals surface area (Å²) in [5.74, 6) is 0.0396. The first-order chi connectivity index (χ1) is 6.77. The van der Waals surface area contributed by atoms with E-state index in [1.165, 1.54) is 6.42 Å². The quantitative estimate of drug-likeness (QED) is 0.665. The summed E-state index contributed by atoms with van der Waals surface area (Å²) in [4.78, 5) is 11.8. The lowest BCUT2D eigenvalue weighted by Gasteiger charge is -2.09. The van der Waals surface area contributed by atoms with Crippen molar-refractivity contribution in [2.24, 2.45) is 7.05 Å². The highest BCUT2D eigenvalue weighted by Gasteiger charge is 2.16. The van der Waals surface area contributed by atoms with E-state index in [4.69, 9.17) is 0 Å². The summed E-state index contributed by atoms with van der Waals surface area (Å²) < 4.78 is 1.55. The van der Waals surface area contributed by atoms with Gasteiger partial charge in [0.1, 0.15) is 0 Å². The van der Waals surface area contributed by atoms with E-state index < -0.39 is 0 Å². The molecule has 0 N–H and O–H groups in total. The first-order valence-corrected chi connectivity index (χ1v) is 4.87. The van der Waals surface area contributed by atoms with Crippen molar-refractivity contribution < 1.29 is 4.79 Å². The fourth-order valence-corrected chi connectivity index (χ4v) is 1.66. The van der Waals surface area contributed by atoms with E-state index >= 15 is 0 Å². The lowest BCUT2D eigenvalue weighted by atomic mass is 9.95. The SMILES string of the molecule is Cn1cc(C(=O)C2=CCCCC2)nn1. The van der Waals surface area contributed by atoms with Crippen LogP contribution in [0, 0.1) is 0 Å². The van der Waals surface area contributed by atoms with Gasteiger partial charge in [0.2, 0.25) is 5.78 Å². The van der Waals surface area contributed by atoms with Crippen LogP contribution < -0.4 is 0 Å². The first kappa shape index (κ1) is 9.12. The van der Waals surface area contributed by atoms with Gasteiger partial charge in [0.05, 0.1) is 6.20 Å². The molecule has 74 valence electrons. The van der Waals surface area contributed by atoms with Crippen molar-refractivity contribution in [3.05, 3.63) is 23.5 Å². The van der Waals surface area contributed by atoms with Gasteiger partial charge in [-0.2, -0.15) is 0 Å². The average molecular weight is 191 g/mol. The smallest absolute Gasteiger partial charge is 0.210 e. The molecule has 0 bridgehead atoms. The van der Waals surface area contributed by atoms with Gasteiger partial charge >= 0.3 is 0 Å². The number of allylic oxidation sites excluding steroid dienone is 2. The Labute approximate surface area is 82.6 Å². The van der Waals surface area contributed by atoms with Gasteiger partial charge in [0, 0.05) is 7.05 Å². The predicted octanol–water partition coefficient (Wildman–Crippen LogP) is 1.50. The zero-order chi connectivity index (χ0) is 9.97. The van der Waals surface area contributed by atoms with E-state index in [9.17, 15) is 4.79 Å². The Hall–Kier alpha value is -1.45. The maximum Gasteiger partial charge on any atom is 0.210 e. The van der Waals surface area contributed by atoms with Crippen LogP contribution in [-0.2, 0) is 7.05 Å². The molecule has 0 aliphatic heterocycles. The normalized spacial score (nSPS) is 16.5. The van der Waals surface area contributed by atoms with E-state index in [1.807, 2.05) is 6.08 Å². The molecule has 2 rings (SSSR count). The van der Waals surface area contributed by atoms with Crippen molar-refractivity contribution in [2.75, 3.05) is 0 Å². The molecule has 0 amide bonds. The van der Waals surface area contributed by atoms with E-state index in [0.29, 0.717) is 5.69 Å². The van der Waals surface area contributed by atoms with Crippen LogP contribution in [0.2, 0.25) is 0 Å². The highest BCUT2D eigenvalue weighted by Crippen LogP contribution is 2.20. The topological polar surface area (TPSA) is 47.8 Å². The Bertz CT molecular complexity index is 378. The summed E-state index contributed by atoms with van der Waals surface area (Å²) in [7, 11) is 1.76. The maximum absolute atomic E-state index is 11.8. The number of hydrogen-bond donors (Lipinski definition) is 0. The number of Topliss-reactive ketones (excluding diaryl/α,β-unsaturated/α-hetero) is 1. The minimum absolute atomic E-state index is 0.0396. The Balaban J connectivity index is 2.19. The summed E-state index contributed by atoms with van der Waals surface area (Å²) in [5.41, 5.74) is 1.36. The second kappa shape index (κ2) is 3.74. The molecular formula is C10H13N3O. The molecule has 0 radical (unpaired) electrons. The molecule has 0 saturated heterocycles. The number of nitrogens with zero attached hydrogens (tertiary/aromatic N) is 3. The Morgan fingerprint density at radius 1 is 1.50 bits per heavy atom. The maximum atomic E-state index is 11.8. The highest BCUT2D eigenvalue weighted by molar-refractivity contribution is 6.07. The molecular weight excluding hydrogens is 178 g/mol. The van der Waals surface area contributed by atoms with Crippen molar-refractivity contribution in [1.29, 1.82) is 0 Å². The van der Waals surface area contributed by atoms with E-state index in [-0.39, 0.29) is 5.78 Å². The second-order valence-corrected chi connectivity index (χ2v) is 3.58. The van der Waals surface area contributed by atoms with Gasteiger partial charge in [-0.1, -0.05) is 11.3 Å². The van der Waals surface area contributed by atoms with Gasteiger partial charge in [-0.3, -0.25) is 9.48 Å². The van der Waals surface area contributed by atoms with Crippen LogP contribution in [0.1, 0.15) is 36.2 Å². The van der Waals surface area contributed by atoms with Crippen LogP contribution in [0.15, 0.2) is 17.8 Å². The lowest BCUT2D eigenvalue weighted by molar-refractivity contribution is 0.102. The van der Waals surface area contributed by atoms with Crippen molar-refractivity contribution in [2.45, 2.75) is 25.7 Å². The third-order valence-corrected chi connectivity index (χ3v) is 2.42. The number of carbonyl (C=O) groups is 1. The predicted molar refractivity (Wildman–Crippen MR) is 51.9 cm³/mol. The van der Waals surface area contributed by atoms with Gasteiger partial charge in [0.15, 0.2) is 5.69 Å². The first-order valence-electron chi connectivity index (χ1n) is 4.87. The number of rotatable bonds is 2. The van der Waals surface area contributed by atoms with E-state index in [2.05, 4.69) is 10.3 Å². The molecule has 1 aliphatic carbocycles. The van der Waals surface area contributed by atoms with E-state index in [0.717, 1.165) is 24.8 Å². The third kappa shape index (κ3) is 1.73. The van der Waals surface area contributed by atoms with E-state index in [1.54, 1.807) is 17.9 Å². The molecule has 1 heterocycles. The molecule has 0 fully saturated rings. The molecule has 0 saturated carbocycles. The van der Waals surface area contributed by atoms with Crippen molar-refractivity contribution in [3.63, 3.8) is 0 Å². The minimum atomic E-state index is 0.0396. The largest absolute Gasteiger partial charge is 0.287 e. The van der Waals surface area contributed by atoms with Crippen LogP contribution >= 0.6 is 0 Å². The molecule has 1 aliphatic rings. The van der Waals surface area contributed by atoms with Crippen LogP contribution in [-0.4, -0.2) is 20.8 Å². The Kier molecular flexibility index (Phi) is 2.43. The van der Waals surface area contributed by atoms with Gasteiger partial charge in [-0.15, -0.1) is 5.10 Å². The average Bonchev–Trinajstić information content (AvgIpc) is 2.65. The van der Waals surface area contributed by atoms with Gasteiger partial charge in [-0.05, 0) is 31.3 Å². The zero-order valence-electron chi connectivity index (χ0n) is 8.23. The number of ketones is 1. The summed E-state index contributed by atoms with van der Waals surface area (Å²) in [6, 6.07) is 0. The standard InChI is InChI=1S/C10H13N3O/c1-13-7-9(11-12-13)10(14)8-5-3-2-4-6-8/h5,7H,2-4,6H2,1H3. The summed E-state index contributed by atoms with van der Waals surface area (Å²) >= 11 is 0. The third-order valence-electron chi connectivity index (χ3n) is 2.42. The Morgan fingerprint density at radius 3 is 2.93 bits per heavy atom. The fourth-order valence-electron chi connectivity index (χ4n) is 1.66. The summed E-state index contributed by atoms with van der Waals surface area (Å²) in [6.07, 6.45) is 7.89. The minimum Gasteiger partial charge on any atom is -0.287 e. The van der Waals surface area contributed by atoms with Gasteiger partial charge < -0.3 is 0 Å². The van der Waals surface area contributed by atoms with Crippen LogP contribution in [0.25, 0.3) is 0 Å². The highest BCUT2D eigenvalue weighted by atomic mass is 16.1. The van der Waals surface area contributed by atoms with Gasteiger partial charge in [0.25, 0.3) is 0 Å². The van der Waals surface area contributed by atoms with Crippen molar-refractivity contribution in [1.82, 2.24) is 15.0 Å². The molecule has 0 unspecified atom stereocenters. The summed E-state index contributed by atoms with van der Waals surface area (Å²) in [5, 5.41) is 7.56. The van der Waals surface area contributed by atoms with Crippen molar-refractivity contribution >= 4 is 5.78 Å². The zero-order valence-corrected chi connectivity index (χ0v) is 8.23. The Morgan fingerprint density at radius 2 is 2.36 bits per heavy atom. The molecule has 4 nitrogen and oxygen atoms in total. The molecule has 1 aromatic heterocycles. The van der Waals surface area contributed by atoms with Crippen LogP contribution in [0.3, 0.4) is 0 Å². The molecule has 14 heavy (non-hydrogen) atoms. The number of aromatic nitrogens is 3. The molecule has 0 spiro atoms. The number of aryl methyl sites for hydroxylation is 1. The second-order valence-electron chi connectivity index (χ2n) is 3.58. The molecule has 0 aromatic carbocycles. The molecule has 4 heteroatoms. The van der Waals surface area contributed by atoms with Crippen LogP contribution in [0.4, 0.5) is 0 Å². The monoisotopic (exact) mass is 191 g/mol. The fraction of sp³-hybridized carbons (Fsp3) is 0.500. The van der Waals surface area contributed by atoms with Gasteiger partial charge in [-0.25, -0.2) is 0 Å². The number of carbonyl (C=O) groups excluding carboxylic acids is 1. The molecule has 0 atom stereocenters. The number of hydrogen-bond acceptors (Lipinski definition) is 3.